The number of aromatic nitrogens is 3. The van der Waals surface area contributed by atoms with E-state index < -0.39 is 0 Å². The minimum Gasteiger partial charge on any atom is -0.437 e. The van der Waals surface area contributed by atoms with E-state index in [1.54, 1.807) is 0 Å². The van der Waals surface area contributed by atoms with Gasteiger partial charge in [0.1, 0.15) is 5.58 Å². The summed E-state index contributed by atoms with van der Waals surface area (Å²) in [7, 11) is 0. The third-order valence-electron chi connectivity index (χ3n) is 11.0. The maximum Gasteiger partial charge on any atom is 0.238 e. The normalized spacial score (nSPS) is 12.2. The Balaban J connectivity index is 1.28. The molecule has 4 nitrogen and oxygen atoms in total. The van der Waals surface area contributed by atoms with Crippen molar-refractivity contribution in [3.8, 4) is 17.2 Å². The molecule has 0 aliphatic carbocycles. The summed E-state index contributed by atoms with van der Waals surface area (Å²) in [6.07, 6.45) is 0. The lowest BCUT2D eigenvalue weighted by molar-refractivity contribution is 0.651. The third kappa shape index (κ3) is 3.75. The molecule has 240 valence electrons. The first-order valence-corrected chi connectivity index (χ1v) is 17.7. The van der Waals surface area contributed by atoms with Crippen LogP contribution >= 0.6 is 0 Å². The van der Waals surface area contributed by atoms with Crippen LogP contribution in [0.3, 0.4) is 0 Å². The fourth-order valence-electron chi connectivity index (χ4n) is 8.66. The van der Waals surface area contributed by atoms with Crippen molar-refractivity contribution in [1.29, 1.82) is 0 Å². The topological polar surface area (TPSA) is 43.9 Å². The maximum atomic E-state index is 6.55. The predicted octanol–water partition coefficient (Wildman–Crippen LogP) is 12.9. The summed E-state index contributed by atoms with van der Waals surface area (Å²) in [5.41, 5.74) is 5.35. The summed E-state index contributed by atoms with van der Waals surface area (Å²) < 4.78 is 8.79. The van der Waals surface area contributed by atoms with Gasteiger partial charge in [-0.05, 0) is 78.8 Å². The molecule has 0 saturated carbocycles. The second-order valence-corrected chi connectivity index (χ2v) is 13.7. The number of hydrogen-bond acceptors (Lipinski definition) is 3. The number of para-hydroxylation sites is 1. The van der Waals surface area contributed by atoms with Crippen molar-refractivity contribution in [1.82, 2.24) is 14.5 Å². The molecule has 0 bridgehead atoms. The zero-order valence-corrected chi connectivity index (χ0v) is 27.8. The van der Waals surface area contributed by atoms with E-state index >= 15 is 0 Å². The van der Waals surface area contributed by atoms with Crippen LogP contribution in [-0.2, 0) is 0 Å². The molecule has 0 amide bonds. The minimum absolute atomic E-state index is 0.572. The van der Waals surface area contributed by atoms with Gasteiger partial charge in [-0.25, -0.2) is 4.98 Å². The predicted molar refractivity (Wildman–Crippen MR) is 217 cm³/mol. The number of benzene rings is 9. The monoisotopic (exact) mass is 661 g/mol. The molecule has 0 saturated heterocycles. The van der Waals surface area contributed by atoms with Gasteiger partial charge in [0, 0.05) is 27.1 Å². The van der Waals surface area contributed by atoms with Crippen molar-refractivity contribution in [3.63, 3.8) is 0 Å². The van der Waals surface area contributed by atoms with Crippen molar-refractivity contribution in [3.05, 3.63) is 164 Å². The second kappa shape index (κ2) is 10.3. The highest BCUT2D eigenvalue weighted by atomic mass is 16.3. The second-order valence-electron chi connectivity index (χ2n) is 13.7. The zero-order valence-electron chi connectivity index (χ0n) is 27.8. The van der Waals surface area contributed by atoms with Gasteiger partial charge >= 0.3 is 0 Å². The summed E-state index contributed by atoms with van der Waals surface area (Å²) >= 11 is 0. The van der Waals surface area contributed by atoms with Crippen LogP contribution in [0.15, 0.2) is 168 Å². The zero-order chi connectivity index (χ0) is 33.9. The Morgan fingerprint density at radius 2 is 0.981 bits per heavy atom. The van der Waals surface area contributed by atoms with Gasteiger partial charge in [-0.2, -0.15) is 4.98 Å². The lowest BCUT2D eigenvalue weighted by Gasteiger charge is -2.13. The molecule has 0 fully saturated rings. The molecule has 0 unspecified atom stereocenters. The maximum absolute atomic E-state index is 6.55. The van der Waals surface area contributed by atoms with Crippen molar-refractivity contribution < 1.29 is 4.42 Å². The van der Waals surface area contributed by atoms with E-state index in [-0.39, 0.29) is 0 Å². The van der Waals surface area contributed by atoms with Crippen molar-refractivity contribution in [2.45, 2.75) is 0 Å². The van der Waals surface area contributed by atoms with E-state index in [4.69, 9.17) is 14.4 Å². The average Bonchev–Trinajstić information content (AvgIpc) is 3.74. The van der Waals surface area contributed by atoms with Gasteiger partial charge in [0.05, 0.1) is 22.1 Å². The minimum atomic E-state index is 0.572. The molecule has 0 radical (unpaired) electrons. The first-order chi connectivity index (χ1) is 25.8. The molecule has 0 spiro atoms. The van der Waals surface area contributed by atoms with Gasteiger partial charge in [0.15, 0.2) is 0 Å². The molecule has 52 heavy (non-hydrogen) atoms. The van der Waals surface area contributed by atoms with Crippen LogP contribution in [0.4, 0.5) is 0 Å². The fraction of sp³-hybridized carbons (Fsp3) is 0. The largest absolute Gasteiger partial charge is 0.437 e. The highest BCUT2D eigenvalue weighted by Crippen LogP contribution is 2.45. The summed E-state index contributed by atoms with van der Waals surface area (Å²) in [5.74, 6) is 0.578. The lowest BCUT2D eigenvalue weighted by atomic mass is 9.91. The molecule has 0 atom stereocenters. The van der Waals surface area contributed by atoms with Crippen LogP contribution in [0.25, 0.3) is 115 Å². The average molecular weight is 662 g/mol. The molecular weight excluding hydrogens is 635 g/mol. The molecule has 0 aliphatic rings. The van der Waals surface area contributed by atoms with E-state index in [1.807, 2.05) is 18.2 Å². The Kier molecular flexibility index (Phi) is 5.47. The summed E-state index contributed by atoms with van der Waals surface area (Å²) in [6.45, 7) is 0. The van der Waals surface area contributed by atoms with Crippen LogP contribution in [0.5, 0.6) is 0 Å². The number of furan rings is 1. The summed E-state index contributed by atoms with van der Waals surface area (Å²) in [5, 5.41) is 16.5. The van der Waals surface area contributed by atoms with Crippen molar-refractivity contribution in [2.75, 3.05) is 0 Å². The Morgan fingerprint density at radius 1 is 0.385 bits per heavy atom. The van der Waals surface area contributed by atoms with Crippen LogP contribution in [0.2, 0.25) is 0 Å². The number of nitrogens with zero attached hydrogens (tertiary/aromatic N) is 3. The van der Waals surface area contributed by atoms with E-state index in [9.17, 15) is 0 Å². The first kappa shape index (κ1) is 27.7. The van der Waals surface area contributed by atoms with Gasteiger partial charge in [0.2, 0.25) is 11.7 Å². The van der Waals surface area contributed by atoms with Gasteiger partial charge in [-0.1, -0.05) is 133 Å². The smallest absolute Gasteiger partial charge is 0.238 e. The van der Waals surface area contributed by atoms with Crippen LogP contribution in [0, 0.1) is 0 Å². The molecule has 9 aromatic carbocycles. The summed E-state index contributed by atoms with van der Waals surface area (Å²) in [4.78, 5) is 10.8. The van der Waals surface area contributed by atoms with Gasteiger partial charge in [0.25, 0.3) is 0 Å². The molecular formula is C48H27N3O. The molecule has 12 rings (SSSR count). The Bertz CT molecular complexity index is 3440. The van der Waals surface area contributed by atoms with Crippen LogP contribution in [0.1, 0.15) is 0 Å². The molecule has 0 N–H and O–H groups in total. The van der Waals surface area contributed by atoms with Crippen LogP contribution in [-0.4, -0.2) is 14.5 Å². The van der Waals surface area contributed by atoms with Gasteiger partial charge in [-0.3, -0.25) is 4.57 Å². The van der Waals surface area contributed by atoms with Crippen molar-refractivity contribution in [2.24, 2.45) is 0 Å². The SMILES string of the molecule is c1ccc2cc(-c3nc(-n4c5cc6ccccc6cc5c5c6c7ccccc7c7ccccc7c6ccc54)nc4oc5ccccc5c34)ccc2c1. The number of fused-ring (bicyclic) bond motifs is 15. The van der Waals surface area contributed by atoms with E-state index in [1.165, 1.54) is 59.2 Å². The molecule has 0 aliphatic heterocycles. The van der Waals surface area contributed by atoms with Crippen LogP contribution < -0.4 is 0 Å². The van der Waals surface area contributed by atoms with Gasteiger partial charge < -0.3 is 4.42 Å². The molecule has 4 heteroatoms. The highest BCUT2D eigenvalue weighted by Gasteiger charge is 2.23. The third-order valence-corrected chi connectivity index (χ3v) is 11.0. The Labute approximate surface area is 296 Å². The van der Waals surface area contributed by atoms with Gasteiger partial charge in [-0.15, -0.1) is 0 Å². The van der Waals surface area contributed by atoms with E-state index in [2.05, 4.69) is 150 Å². The Hall–Kier alpha value is -7.04. The lowest BCUT2D eigenvalue weighted by Crippen LogP contribution is -2.03. The number of hydrogen-bond donors (Lipinski definition) is 0. The highest BCUT2D eigenvalue weighted by molar-refractivity contribution is 6.35. The van der Waals surface area contributed by atoms with E-state index in [0.29, 0.717) is 11.7 Å². The van der Waals surface area contributed by atoms with Crippen molar-refractivity contribution >= 4 is 97.7 Å². The molecule has 3 aromatic heterocycles. The fourth-order valence-corrected chi connectivity index (χ4v) is 8.66. The number of rotatable bonds is 2. The van der Waals surface area contributed by atoms with E-state index in [0.717, 1.165) is 44.0 Å². The molecule has 3 heterocycles. The standard InChI is InChI=1S/C48H27N3O/c1-2-12-29-25-32(22-21-28(29)11-1)46-45-38-19-9-10-20-42(38)52-47(45)50-48(49-46)51-40-24-23-37-35-17-6-5-15-33(35)34-16-7-8-18-36(34)43(37)44(40)39-26-30-13-3-4-14-31(30)27-41(39)51/h1-27H. The Morgan fingerprint density at radius 3 is 1.75 bits per heavy atom. The molecule has 12 aromatic rings. The quantitative estimate of drug-likeness (QED) is 0.173. The first-order valence-electron chi connectivity index (χ1n) is 17.7. The summed E-state index contributed by atoms with van der Waals surface area (Å²) in [6, 6.07) is 58.5.